The topological polar surface area (TPSA) is 97.5 Å². The van der Waals surface area contributed by atoms with Crippen LogP contribution in [0.5, 0.6) is 0 Å². The van der Waals surface area contributed by atoms with E-state index in [0.717, 1.165) is 16.5 Å². The molecule has 0 unspecified atom stereocenters. The van der Waals surface area contributed by atoms with Crippen LogP contribution in [-0.4, -0.2) is 28.2 Å². The molecule has 3 N–H and O–H groups in total. The molecular weight excluding hydrogens is 306 g/mol. The number of aliphatic carboxylic acids is 1. The smallest absolute Gasteiger partial charge is 0.324 e. The van der Waals surface area contributed by atoms with Crippen molar-refractivity contribution in [2.45, 2.75) is 32.2 Å². The Labute approximate surface area is 138 Å². The van der Waals surface area contributed by atoms with Crippen LogP contribution in [0.4, 0.5) is 0 Å². The third kappa shape index (κ3) is 1.65. The lowest BCUT2D eigenvalue weighted by molar-refractivity contribution is -0.143. The van der Waals surface area contributed by atoms with Gasteiger partial charge in [-0.15, -0.1) is 0 Å². The molecule has 0 amide bonds. The van der Waals surface area contributed by atoms with Crippen LogP contribution >= 0.6 is 0 Å². The van der Waals surface area contributed by atoms with E-state index in [1.54, 1.807) is 38.1 Å². The predicted octanol–water partition coefficient (Wildman–Crippen LogP) is 2.13. The summed E-state index contributed by atoms with van der Waals surface area (Å²) < 4.78 is 0. The number of Topliss-reactive ketones (excluding diaryl/α,β-unsaturated/α-hetero) is 2. The Morgan fingerprint density at radius 2 is 1.42 bits per heavy atom. The first kappa shape index (κ1) is 15.0. The largest absolute Gasteiger partial charge is 0.480 e. The molecule has 24 heavy (non-hydrogen) atoms. The van der Waals surface area contributed by atoms with Gasteiger partial charge in [-0.25, -0.2) is 0 Å². The molecule has 0 radical (unpaired) electrons. The number of carboxylic acid groups (broad SMARTS) is 1. The minimum Gasteiger partial charge on any atom is -0.480 e. The Bertz CT molecular complexity index is 908. The fourth-order valence-corrected chi connectivity index (χ4v) is 3.99. The molecule has 5 nitrogen and oxygen atoms in total. The summed E-state index contributed by atoms with van der Waals surface area (Å²) in [6.45, 7) is 3.30. The molecule has 5 heteroatoms. The molecule has 2 aliphatic carbocycles. The molecule has 122 valence electrons. The second kappa shape index (κ2) is 4.30. The summed E-state index contributed by atoms with van der Waals surface area (Å²) in [5.74, 6) is -1.42. The van der Waals surface area contributed by atoms with E-state index in [4.69, 9.17) is 5.73 Å². The van der Waals surface area contributed by atoms with Crippen LogP contribution < -0.4 is 5.73 Å². The third-order valence-corrected chi connectivity index (χ3v) is 5.40. The zero-order chi connectivity index (χ0) is 17.4. The maximum absolute atomic E-state index is 12.8. The van der Waals surface area contributed by atoms with Crippen LogP contribution in [0.2, 0.25) is 0 Å². The minimum absolute atomic E-state index is 0.182. The van der Waals surface area contributed by atoms with Gasteiger partial charge >= 0.3 is 5.97 Å². The van der Waals surface area contributed by atoms with Crippen LogP contribution in [-0.2, 0) is 17.6 Å². The number of ketones is 2. The monoisotopic (exact) mass is 323 g/mol. The van der Waals surface area contributed by atoms with Gasteiger partial charge in [-0.1, -0.05) is 24.3 Å². The van der Waals surface area contributed by atoms with Crippen LogP contribution in [0.25, 0.3) is 10.8 Å². The Balaban J connectivity index is 2.07. The molecule has 0 saturated carbocycles. The second-order valence-electron chi connectivity index (χ2n) is 7.39. The highest BCUT2D eigenvalue weighted by atomic mass is 16.4. The molecule has 2 aliphatic rings. The lowest BCUT2D eigenvalue weighted by Gasteiger charge is -2.35. The highest BCUT2D eigenvalue weighted by Crippen LogP contribution is 2.43. The first-order chi connectivity index (χ1) is 11.2. The van der Waals surface area contributed by atoms with Gasteiger partial charge in [-0.2, -0.15) is 0 Å². The highest BCUT2D eigenvalue weighted by molar-refractivity contribution is 6.32. The molecule has 0 saturated heterocycles. The molecule has 0 fully saturated rings. The van der Waals surface area contributed by atoms with E-state index in [9.17, 15) is 19.5 Å². The van der Waals surface area contributed by atoms with Gasteiger partial charge < -0.3 is 10.8 Å². The number of carboxylic acids is 1. The second-order valence-corrected chi connectivity index (χ2v) is 7.39. The van der Waals surface area contributed by atoms with E-state index >= 15 is 0 Å². The van der Waals surface area contributed by atoms with Crippen molar-refractivity contribution in [1.82, 2.24) is 0 Å². The summed E-state index contributed by atoms with van der Waals surface area (Å²) in [6, 6.07) is 6.96. The van der Waals surface area contributed by atoms with Crippen LogP contribution in [0.3, 0.4) is 0 Å². The van der Waals surface area contributed by atoms with E-state index in [1.165, 1.54) is 0 Å². The van der Waals surface area contributed by atoms with Gasteiger partial charge in [0, 0.05) is 29.4 Å². The maximum Gasteiger partial charge on any atom is 0.324 e. The van der Waals surface area contributed by atoms with E-state index in [1.807, 2.05) is 0 Å². The van der Waals surface area contributed by atoms with Gasteiger partial charge in [0.1, 0.15) is 5.54 Å². The van der Waals surface area contributed by atoms with Crippen molar-refractivity contribution >= 4 is 28.3 Å². The third-order valence-electron chi connectivity index (χ3n) is 5.40. The average Bonchev–Trinajstić information content (AvgIpc) is 2.52. The van der Waals surface area contributed by atoms with E-state index in [-0.39, 0.29) is 24.4 Å². The lowest BCUT2D eigenvalue weighted by Crippen LogP contribution is -2.53. The predicted molar refractivity (Wildman–Crippen MR) is 88.4 cm³/mol. The summed E-state index contributed by atoms with van der Waals surface area (Å²) in [5, 5.41) is 10.9. The van der Waals surface area contributed by atoms with Crippen molar-refractivity contribution in [2.75, 3.05) is 0 Å². The van der Waals surface area contributed by atoms with Crippen molar-refractivity contribution < 1.29 is 19.5 Å². The summed E-state index contributed by atoms with van der Waals surface area (Å²) >= 11 is 0. The van der Waals surface area contributed by atoms with Crippen LogP contribution in [0.1, 0.15) is 45.7 Å². The summed E-state index contributed by atoms with van der Waals surface area (Å²) in [5.41, 5.74) is 6.27. The van der Waals surface area contributed by atoms with E-state index in [0.29, 0.717) is 16.5 Å². The van der Waals surface area contributed by atoms with Crippen molar-refractivity contribution in [3.8, 4) is 0 Å². The lowest BCUT2D eigenvalue weighted by atomic mass is 9.68. The van der Waals surface area contributed by atoms with E-state index in [2.05, 4.69) is 0 Å². The van der Waals surface area contributed by atoms with Gasteiger partial charge in [0.05, 0.1) is 5.41 Å². The number of benzene rings is 2. The van der Waals surface area contributed by atoms with Crippen molar-refractivity contribution in [3.05, 3.63) is 46.5 Å². The first-order valence-electron chi connectivity index (χ1n) is 7.86. The molecular formula is C19H17NO4. The standard InChI is InChI=1S/C19H17NO4/c1-18(2)15(21)11-5-3-9-7-19(20,17(23)24)8-10-4-6-12(16(18)22)14(11)13(9)10/h3-6H,7-8,20H2,1-2H3,(H,23,24). The number of carbonyl (C=O) groups excluding carboxylic acids is 2. The molecule has 0 atom stereocenters. The van der Waals surface area contributed by atoms with Crippen molar-refractivity contribution in [2.24, 2.45) is 11.1 Å². The SMILES string of the molecule is CC1(C)C(=O)c2ccc3c4c(ccc(c24)C1=O)CC(N)(C(=O)O)C3. The van der Waals surface area contributed by atoms with Crippen LogP contribution in [0.15, 0.2) is 24.3 Å². The van der Waals surface area contributed by atoms with Gasteiger partial charge in [0.2, 0.25) is 0 Å². The van der Waals surface area contributed by atoms with Gasteiger partial charge in [-0.3, -0.25) is 14.4 Å². The molecule has 0 spiro atoms. The highest BCUT2D eigenvalue weighted by Gasteiger charge is 2.45. The van der Waals surface area contributed by atoms with Gasteiger partial charge in [0.25, 0.3) is 0 Å². The fourth-order valence-electron chi connectivity index (χ4n) is 3.99. The van der Waals surface area contributed by atoms with E-state index < -0.39 is 16.9 Å². The zero-order valence-electron chi connectivity index (χ0n) is 13.5. The summed E-state index contributed by atoms with van der Waals surface area (Å²) in [6.07, 6.45) is 0.364. The molecule has 0 heterocycles. The Kier molecular flexibility index (Phi) is 2.69. The fraction of sp³-hybridized carbons (Fsp3) is 0.316. The maximum atomic E-state index is 12.8. The number of nitrogens with two attached hydrogens (primary N) is 1. The normalized spacial score (nSPS) is 20.3. The Morgan fingerprint density at radius 3 is 1.83 bits per heavy atom. The Hall–Kier alpha value is -2.53. The first-order valence-corrected chi connectivity index (χ1v) is 7.86. The molecule has 2 aromatic rings. The van der Waals surface area contributed by atoms with Crippen molar-refractivity contribution in [3.63, 3.8) is 0 Å². The molecule has 2 aromatic carbocycles. The quantitative estimate of drug-likeness (QED) is 0.784. The number of rotatable bonds is 1. The number of carbonyl (C=O) groups is 3. The molecule has 0 bridgehead atoms. The average molecular weight is 323 g/mol. The minimum atomic E-state index is -1.36. The molecule has 0 aliphatic heterocycles. The molecule has 4 rings (SSSR count). The van der Waals surface area contributed by atoms with Crippen molar-refractivity contribution in [1.29, 1.82) is 0 Å². The van der Waals surface area contributed by atoms with Gasteiger partial charge in [0.15, 0.2) is 11.6 Å². The Morgan fingerprint density at radius 1 is 0.958 bits per heavy atom. The summed E-state index contributed by atoms with van der Waals surface area (Å²) in [7, 11) is 0. The van der Waals surface area contributed by atoms with Crippen LogP contribution in [0, 0.1) is 5.41 Å². The van der Waals surface area contributed by atoms with Gasteiger partial charge in [-0.05, 0) is 30.4 Å². The zero-order valence-corrected chi connectivity index (χ0v) is 13.5. The number of hydrogen-bond acceptors (Lipinski definition) is 4. The number of hydrogen-bond donors (Lipinski definition) is 2. The summed E-state index contributed by atoms with van der Waals surface area (Å²) in [4.78, 5) is 37.1. The molecule has 0 aromatic heterocycles.